The second-order valence-corrected chi connectivity index (χ2v) is 3.34. The van der Waals surface area contributed by atoms with Gasteiger partial charge in [0.25, 0.3) is 0 Å². The van der Waals surface area contributed by atoms with Crippen molar-refractivity contribution in [3.8, 4) is 0 Å². The van der Waals surface area contributed by atoms with Crippen LogP contribution in [0.4, 0.5) is 0 Å². The Bertz CT molecular complexity index is 392. The Kier molecular flexibility index (Phi) is 2.58. The van der Waals surface area contributed by atoms with E-state index in [2.05, 4.69) is 34.5 Å². The maximum atomic E-state index is 4.04. The van der Waals surface area contributed by atoms with Crippen molar-refractivity contribution in [1.82, 2.24) is 14.8 Å². The Labute approximate surface area is 83.4 Å². The summed E-state index contributed by atoms with van der Waals surface area (Å²) < 4.78 is 1.96. The van der Waals surface area contributed by atoms with E-state index in [1.165, 1.54) is 5.56 Å². The van der Waals surface area contributed by atoms with Crippen molar-refractivity contribution in [3.05, 3.63) is 48.0 Å². The number of benzene rings is 1. The molecule has 3 heteroatoms. The van der Waals surface area contributed by atoms with Crippen LogP contribution in [0.5, 0.6) is 0 Å². The second-order valence-electron chi connectivity index (χ2n) is 3.34. The van der Waals surface area contributed by atoms with Gasteiger partial charge in [0.15, 0.2) is 0 Å². The monoisotopic (exact) mass is 187 g/mol. The molecule has 0 bridgehead atoms. The molecule has 2 aromatic rings. The van der Waals surface area contributed by atoms with E-state index in [1.54, 1.807) is 6.33 Å². The topological polar surface area (TPSA) is 30.7 Å². The molecule has 0 aliphatic heterocycles. The fourth-order valence-electron chi connectivity index (χ4n) is 1.43. The maximum absolute atomic E-state index is 4.04. The van der Waals surface area contributed by atoms with Gasteiger partial charge in [-0.3, -0.25) is 0 Å². The Morgan fingerprint density at radius 1 is 1.14 bits per heavy atom. The SMILES string of the molecule is Cn1cnnc1CCc1ccccc1. The lowest BCUT2D eigenvalue weighted by Gasteiger charge is -2.00. The van der Waals surface area contributed by atoms with Crippen LogP contribution in [-0.2, 0) is 19.9 Å². The molecule has 0 atom stereocenters. The minimum atomic E-state index is 0.945. The standard InChI is InChI=1S/C11H13N3/c1-14-9-12-13-11(14)8-7-10-5-3-2-4-6-10/h2-6,9H,7-8H2,1H3. The van der Waals surface area contributed by atoms with Gasteiger partial charge in [0, 0.05) is 13.5 Å². The number of hydrogen-bond donors (Lipinski definition) is 0. The van der Waals surface area contributed by atoms with Crippen LogP contribution in [0.15, 0.2) is 36.7 Å². The molecular weight excluding hydrogens is 174 g/mol. The molecule has 0 aliphatic rings. The summed E-state index contributed by atoms with van der Waals surface area (Å²) in [6, 6.07) is 10.4. The van der Waals surface area contributed by atoms with E-state index in [-0.39, 0.29) is 0 Å². The van der Waals surface area contributed by atoms with Crippen LogP contribution in [0.25, 0.3) is 0 Å². The molecule has 0 radical (unpaired) electrons. The number of hydrogen-bond acceptors (Lipinski definition) is 2. The molecule has 3 nitrogen and oxygen atoms in total. The van der Waals surface area contributed by atoms with E-state index in [0.29, 0.717) is 0 Å². The van der Waals surface area contributed by atoms with Crippen molar-refractivity contribution in [2.45, 2.75) is 12.8 Å². The van der Waals surface area contributed by atoms with E-state index < -0.39 is 0 Å². The third-order valence-corrected chi connectivity index (χ3v) is 2.29. The van der Waals surface area contributed by atoms with Gasteiger partial charge in [-0.2, -0.15) is 0 Å². The second kappa shape index (κ2) is 4.05. The molecule has 14 heavy (non-hydrogen) atoms. The Morgan fingerprint density at radius 2 is 1.93 bits per heavy atom. The van der Waals surface area contributed by atoms with Crippen molar-refractivity contribution in [2.24, 2.45) is 7.05 Å². The molecule has 0 saturated heterocycles. The third kappa shape index (κ3) is 1.99. The molecule has 1 heterocycles. The van der Waals surface area contributed by atoms with E-state index in [9.17, 15) is 0 Å². The van der Waals surface area contributed by atoms with Gasteiger partial charge in [-0.15, -0.1) is 10.2 Å². The zero-order valence-corrected chi connectivity index (χ0v) is 8.22. The van der Waals surface area contributed by atoms with Crippen LogP contribution in [0.3, 0.4) is 0 Å². The summed E-state index contributed by atoms with van der Waals surface area (Å²) in [5.41, 5.74) is 1.34. The van der Waals surface area contributed by atoms with Crippen LogP contribution in [0.1, 0.15) is 11.4 Å². The molecule has 1 aromatic carbocycles. The highest BCUT2D eigenvalue weighted by Gasteiger charge is 2.00. The lowest BCUT2D eigenvalue weighted by Crippen LogP contribution is -1.99. The highest BCUT2D eigenvalue weighted by atomic mass is 15.2. The normalized spacial score (nSPS) is 10.4. The first kappa shape index (κ1) is 8.94. The summed E-state index contributed by atoms with van der Waals surface area (Å²) in [6.07, 6.45) is 3.70. The highest BCUT2D eigenvalue weighted by Crippen LogP contribution is 2.03. The molecule has 0 amide bonds. The van der Waals surface area contributed by atoms with Gasteiger partial charge in [0.2, 0.25) is 0 Å². The molecule has 0 N–H and O–H groups in total. The zero-order valence-electron chi connectivity index (χ0n) is 8.22. The van der Waals surface area contributed by atoms with Crippen molar-refractivity contribution in [2.75, 3.05) is 0 Å². The fraction of sp³-hybridized carbons (Fsp3) is 0.273. The van der Waals surface area contributed by atoms with Crippen LogP contribution >= 0.6 is 0 Å². The molecule has 1 aromatic heterocycles. The lowest BCUT2D eigenvalue weighted by atomic mass is 10.1. The minimum Gasteiger partial charge on any atom is -0.321 e. The largest absolute Gasteiger partial charge is 0.321 e. The predicted molar refractivity (Wildman–Crippen MR) is 54.9 cm³/mol. The van der Waals surface area contributed by atoms with E-state index >= 15 is 0 Å². The Hall–Kier alpha value is -1.64. The van der Waals surface area contributed by atoms with Gasteiger partial charge in [0.05, 0.1) is 0 Å². The molecule has 0 unspecified atom stereocenters. The first-order chi connectivity index (χ1) is 6.86. The minimum absolute atomic E-state index is 0.945. The van der Waals surface area contributed by atoms with E-state index in [4.69, 9.17) is 0 Å². The number of nitrogens with zero attached hydrogens (tertiary/aromatic N) is 3. The molecule has 72 valence electrons. The molecule has 0 saturated carbocycles. The van der Waals surface area contributed by atoms with Crippen LogP contribution < -0.4 is 0 Å². The van der Waals surface area contributed by atoms with Crippen molar-refractivity contribution in [1.29, 1.82) is 0 Å². The number of aromatic nitrogens is 3. The summed E-state index contributed by atoms with van der Waals surface area (Å²) in [5, 5.41) is 7.89. The van der Waals surface area contributed by atoms with Gasteiger partial charge in [-0.25, -0.2) is 0 Å². The molecule has 0 spiro atoms. The summed E-state index contributed by atoms with van der Waals surface area (Å²) in [4.78, 5) is 0. The number of aryl methyl sites for hydroxylation is 3. The van der Waals surface area contributed by atoms with Crippen LogP contribution in [0.2, 0.25) is 0 Å². The average Bonchev–Trinajstić information content (AvgIpc) is 2.63. The Morgan fingerprint density at radius 3 is 2.57 bits per heavy atom. The average molecular weight is 187 g/mol. The third-order valence-electron chi connectivity index (χ3n) is 2.29. The quantitative estimate of drug-likeness (QED) is 0.730. The van der Waals surface area contributed by atoms with Gasteiger partial charge >= 0.3 is 0 Å². The summed E-state index contributed by atoms with van der Waals surface area (Å²) >= 11 is 0. The van der Waals surface area contributed by atoms with Crippen molar-refractivity contribution < 1.29 is 0 Å². The molecule has 2 rings (SSSR count). The van der Waals surface area contributed by atoms with Crippen LogP contribution in [-0.4, -0.2) is 14.8 Å². The Balaban J connectivity index is 1.99. The summed E-state index contributed by atoms with van der Waals surface area (Å²) in [5.74, 6) is 1.04. The molecule has 0 aliphatic carbocycles. The van der Waals surface area contributed by atoms with Crippen molar-refractivity contribution in [3.63, 3.8) is 0 Å². The smallest absolute Gasteiger partial charge is 0.132 e. The number of rotatable bonds is 3. The van der Waals surface area contributed by atoms with E-state index in [1.807, 2.05) is 17.7 Å². The van der Waals surface area contributed by atoms with Gasteiger partial charge in [0.1, 0.15) is 12.2 Å². The lowest BCUT2D eigenvalue weighted by molar-refractivity contribution is 0.770. The van der Waals surface area contributed by atoms with Gasteiger partial charge in [-0.05, 0) is 12.0 Å². The van der Waals surface area contributed by atoms with Crippen molar-refractivity contribution >= 4 is 0 Å². The zero-order chi connectivity index (χ0) is 9.80. The maximum Gasteiger partial charge on any atom is 0.132 e. The predicted octanol–water partition coefficient (Wildman–Crippen LogP) is 1.60. The fourth-order valence-corrected chi connectivity index (χ4v) is 1.43. The highest BCUT2D eigenvalue weighted by molar-refractivity contribution is 5.15. The molecular formula is C11H13N3. The molecule has 0 fully saturated rings. The van der Waals surface area contributed by atoms with Crippen LogP contribution in [0, 0.1) is 0 Å². The van der Waals surface area contributed by atoms with Gasteiger partial charge in [-0.1, -0.05) is 30.3 Å². The summed E-state index contributed by atoms with van der Waals surface area (Å²) in [6.45, 7) is 0. The summed E-state index contributed by atoms with van der Waals surface area (Å²) in [7, 11) is 1.97. The van der Waals surface area contributed by atoms with Gasteiger partial charge < -0.3 is 4.57 Å². The first-order valence-corrected chi connectivity index (χ1v) is 4.73. The van der Waals surface area contributed by atoms with E-state index in [0.717, 1.165) is 18.7 Å². The first-order valence-electron chi connectivity index (χ1n) is 4.73.